The molecule has 1 fully saturated rings. The highest BCUT2D eigenvalue weighted by atomic mass is 35.5. The molecule has 0 bridgehead atoms. The van der Waals surface area contributed by atoms with Gasteiger partial charge in [-0.1, -0.05) is 11.6 Å². The fraction of sp³-hybridized carbons (Fsp3) is 0.400. The Morgan fingerprint density at radius 2 is 1.89 bits per heavy atom. The van der Waals surface area contributed by atoms with Gasteiger partial charge in [-0.25, -0.2) is 0 Å². The van der Waals surface area contributed by atoms with Crippen LogP contribution in [-0.2, 0) is 6.54 Å². The topological polar surface area (TPSA) is 85.9 Å². The van der Waals surface area contributed by atoms with E-state index < -0.39 is 10.5 Å². The van der Waals surface area contributed by atoms with E-state index in [4.69, 9.17) is 21.1 Å². The van der Waals surface area contributed by atoms with E-state index >= 15 is 0 Å². The highest BCUT2D eigenvalue weighted by Crippen LogP contribution is 2.32. The maximum Gasteiger partial charge on any atom is 0.415 e. The number of nitro groups is 1. The van der Waals surface area contributed by atoms with Gasteiger partial charge in [0.2, 0.25) is 0 Å². The number of hydrogen-bond donors (Lipinski definition) is 0. The lowest BCUT2D eigenvalue weighted by atomic mass is 10.0. The van der Waals surface area contributed by atoms with Crippen LogP contribution in [0.3, 0.4) is 0 Å². The van der Waals surface area contributed by atoms with Gasteiger partial charge in [0.15, 0.2) is 5.60 Å². The van der Waals surface area contributed by atoms with E-state index in [0.29, 0.717) is 19.2 Å². The maximum absolute atomic E-state index is 10.9. The van der Waals surface area contributed by atoms with Gasteiger partial charge < -0.3 is 29.4 Å². The molecule has 1 atom stereocenters. The number of aromatic nitrogens is 2. The zero-order valence-corrected chi connectivity index (χ0v) is 20.5. The van der Waals surface area contributed by atoms with Crippen molar-refractivity contribution in [2.45, 2.75) is 38.0 Å². The molecule has 2 aliphatic heterocycles. The number of halogens is 1. The first-order valence-corrected chi connectivity index (χ1v) is 12.0. The molecule has 2 aromatic carbocycles. The molecule has 9 nitrogen and oxygen atoms in total. The van der Waals surface area contributed by atoms with Crippen molar-refractivity contribution in [2.75, 3.05) is 36.5 Å². The summed E-state index contributed by atoms with van der Waals surface area (Å²) in [5.74, 6) is 0.547. The molecule has 1 saturated heterocycles. The van der Waals surface area contributed by atoms with Gasteiger partial charge >= 0.3 is 11.8 Å². The van der Waals surface area contributed by atoms with Crippen molar-refractivity contribution >= 4 is 28.8 Å². The molecule has 1 aromatic heterocycles. The molecule has 10 heteroatoms. The van der Waals surface area contributed by atoms with Gasteiger partial charge in [0, 0.05) is 47.6 Å². The summed E-state index contributed by atoms with van der Waals surface area (Å²) >= 11 is 6.02. The lowest BCUT2D eigenvalue weighted by molar-refractivity contribution is -0.389. The average Bonchev–Trinajstić information content (AvgIpc) is 3.39. The van der Waals surface area contributed by atoms with Gasteiger partial charge in [0.1, 0.15) is 18.6 Å². The predicted molar refractivity (Wildman–Crippen MR) is 135 cm³/mol. The molecule has 3 heterocycles. The highest BCUT2D eigenvalue weighted by molar-refractivity contribution is 6.30. The Bertz CT molecular complexity index is 1170. The first kappa shape index (κ1) is 23.3. The van der Waals surface area contributed by atoms with Gasteiger partial charge in [0.05, 0.1) is 6.54 Å². The first-order valence-electron chi connectivity index (χ1n) is 11.7. The van der Waals surface area contributed by atoms with E-state index in [9.17, 15) is 10.1 Å². The number of ether oxygens (including phenoxy) is 2. The molecule has 0 spiro atoms. The van der Waals surface area contributed by atoms with Crippen LogP contribution in [0, 0.1) is 10.1 Å². The summed E-state index contributed by atoms with van der Waals surface area (Å²) in [5.41, 5.74) is 1.74. The van der Waals surface area contributed by atoms with Crippen LogP contribution in [-0.4, -0.2) is 52.9 Å². The Hall–Kier alpha value is -3.46. The molecular weight excluding hydrogens is 470 g/mol. The molecule has 0 amide bonds. The van der Waals surface area contributed by atoms with Gasteiger partial charge in [-0.2, -0.15) is 0 Å². The minimum absolute atomic E-state index is 0.209. The van der Waals surface area contributed by atoms with Crippen LogP contribution in [0.2, 0.25) is 5.02 Å². The number of piperidine rings is 1. The summed E-state index contributed by atoms with van der Waals surface area (Å²) in [6.45, 7) is 4.65. The van der Waals surface area contributed by atoms with E-state index in [2.05, 4.69) is 46.1 Å². The lowest BCUT2D eigenvalue weighted by Gasteiger charge is -2.39. The van der Waals surface area contributed by atoms with Crippen molar-refractivity contribution in [3.05, 3.63) is 69.9 Å². The summed E-state index contributed by atoms with van der Waals surface area (Å²) in [5, 5.41) is 11.6. The maximum atomic E-state index is 10.9. The predicted octanol–water partition coefficient (Wildman–Crippen LogP) is 4.78. The zero-order chi connectivity index (χ0) is 24.6. The van der Waals surface area contributed by atoms with Crippen molar-refractivity contribution in [3.8, 4) is 11.8 Å². The monoisotopic (exact) mass is 497 g/mol. The van der Waals surface area contributed by atoms with Crippen molar-refractivity contribution < 1.29 is 14.4 Å². The SMILES string of the molecule is CN(c1ccc(Cl)cc1)C1CCN(c2ccc(OCC3(C)Cn4cc([N+](=O)[O-])nc4O3)cc2)CC1. The number of rotatable bonds is 7. The fourth-order valence-corrected chi connectivity index (χ4v) is 4.87. The van der Waals surface area contributed by atoms with E-state index in [1.807, 2.05) is 31.2 Å². The van der Waals surface area contributed by atoms with Crippen LogP contribution in [0.25, 0.3) is 0 Å². The van der Waals surface area contributed by atoms with E-state index in [1.54, 1.807) is 4.57 Å². The van der Waals surface area contributed by atoms with Crippen LogP contribution in [0.15, 0.2) is 54.7 Å². The van der Waals surface area contributed by atoms with Gasteiger partial charge in [-0.3, -0.25) is 4.57 Å². The van der Waals surface area contributed by atoms with E-state index in [-0.39, 0.29) is 11.8 Å². The molecule has 35 heavy (non-hydrogen) atoms. The number of fused-ring (bicyclic) bond motifs is 1. The normalized spacial score (nSPS) is 19.8. The molecule has 1 unspecified atom stereocenters. The Kier molecular flexibility index (Phi) is 6.19. The Morgan fingerprint density at radius 3 is 2.51 bits per heavy atom. The number of hydrogen-bond acceptors (Lipinski definition) is 7. The molecular formula is C25H28ClN5O4. The summed E-state index contributed by atoms with van der Waals surface area (Å²) in [7, 11) is 2.15. The summed E-state index contributed by atoms with van der Waals surface area (Å²) < 4.78 is 13.5. The van der Waals surface area contributed by atoms with Crippen molar-refractivity contribution in [1.29, 1.82) is 0 Å². The Balaban J connectivity index is 1.12. The van der Waals surface area contributed by atoms with Crippen LogP contribution in [0.4, 0.5) is 17.2 Å². The third-order valence-electron chi connectivity index (χ3n) is 6.75. The van der Waals surface area contributed by atoms with Gasteiger partial charge in [-0.15, -0.1) is 0 Å². The number of nitrogens with zero attached hydrogens (tertiary/aromatic N) is 5. The Morgan fingerprint density at radius 1 is 1.20 bits per heavy atom. The van der Waals surface area contributed by atoms with E-state index in [1.165, 1.54) is 17.6 Å². The number of benzene rings is 2. The molecule has 0 aliphatic carbocycles. The third kappa shape index (κ3) is 5.00. The van der Waals surface area contributed by atoms with Gasteiger partial charge in [0.25, 0.3) is 0 Å². The van der Waals surface area contributed by atoms with Crippen LogP contribution in [0.5, 0.6) is 11.8 Å². The largest absolute Gasteiger partial charge is 0.489 e. The Labute approximate surface area is 209 Å². The second-order valence-electron chi connectivity index (χ2n) is 9.41. The third-order valence-corrected chi connectivity index (χ3v) is 7.00. The minimum Gasteiger partial charge on any atom is -0.489 e. The van der Waals surface area contributed by atoms with Crippen molar-refractivity contribution in [1.82, 2.24) is 9.55 Å². The molecule has 0 radical (unpaired) electrons. The van der Waals surface area contributed by atoms with Crippen LogP contribution in [0.1, 0.15) is 19.8 Å². The second kappa shape index (κ2) is 9.30. The minimum atomic E-state index is -0.631. The van der Waals surface area contributed by atoms with E-state index in [0.717, 1.165) is 36.7 Å². The lowest BCUT2D eigenvalue weighted by Crippen LogP contribution is -2.43. The number of imidazole rings is 1. The molecule has 3 aromatic rings. The molecule has 5 rings (SSSR count). The highest BCUT2D eigenvalue weighted by Gasteiger charge is 2.41. The number of anilines is 2. The average molecular weight is 498 g/mol. The summed E-state index contributed by atoms with van der Waals surface area (Å²) in [4.78, 5) is 19.0. The molecule has 0 saturated carbocycles. The fourth-order valence-electron chi connectivity index (χ4n) is 4.74. The molecule has 184 valence electrons. The van der Waals surface area contributed by atoms with Crippen LogP contribution < -0.4 is 19.3 Å². The van der Waals surface area contributed by atoms with Gasteiger partial charge in [-0.05, 0) is 73.2 Å². The quantitative estimate of drug-likeness (QED) is 0.343. The first-order chi connectivity index (χ1) is 16.8. The van der Waals surface area contributed by atoms with Crippen LogP contribution >= 0.6 is 11.6 Å². The molecule has 0 N–H and O–H groups in total. The summed E-state index contributed by atoms with van der Waals surface area (Å²) in [6, 6.07) is 16.9. The second-order valence-corrected chi connectivity index (χ2v) is 9.84. The zero-order valence-electron chi connectivity index (χ0n) is 19.8. The summed E-state index contributed by atoms with van der Waals surface area (Å²) in [6.07, 6.45) is 3.56. The van der Waals surface area contributed by atoms with Crippen molar-refractivity contribution in [3.63, 3.8) is 0 Å². The molecule has 2 aliphatic rings. The standard InChI is InChI=1S/C25H28ClN5O4/c1-25(16-30-15-23(31(32)33)27-24(30)35-25)17-34-22-9-7-21(8-10-22)29-13-11-20(12-14-29)28(2)19-5-3-18(26)4-6-19/h3-10,15,20H,11-14,16-17H2,1-2H3. The van der Waals surface area contributed by atoms with Crippen molar-refractivity contribution in [2.24, 2.45) is 0 Å². The smallest absolute Gasteiger partial charge is 0.415 e.